The van der Waals surface area contributed by atoms with Gasteiger partial charge in [0.1, 0.15) is 5.54 Å². The van der Waals surface area contributed by atoms with Gasteiger partial charge in [-0.1, -0.05) is 13.8 Å². The van der Waals surface area contributed by atoms with Gasteiger partial charge in [-0.05, 0) is 52.6 Å². The summed E-state index contributed by atoms with van der Waals surface area (Å²) in [6, 6.07) is 0.529. The van der Waals surface area contributed by atoms with E-state index >= 15 is 0 Å². The zero-order chi connectivity index (χ0) is 14.5. The Labute approximate surface area is 117 Å². The van der Waals surface area contributed by atoms with Crippen molar-refractivity contribution in [2.24, 2.45) is 5.92 Å². The summed E-state index contributed by atoms with van der Waals surface area (Å²) in [5.41, 5.74) is -0.520. The molecule has 0 aromatic rings. The van der Waals surface area contributed by atoms with Crippen molar-refractivity contribution in [2.75, 3.05) is 27.2 Å². The number of carbonyl (C=O) groups excluding carboxylic acids is 1. The van der Waals surface area contributed by atoms with Crippen molar-refractivity contribution < 1.29 is 9.53 Å². The largest absolute Gasteiger partial charge is 0.465 e. The van der Waals surface area contributed by atoms with Crippen LogP contribution in [0.15, 0.2) is 0 Å². The third kappa shape index (κ3) is 3.69. The number of hydrogen-bond acceptors (Lipinski definition) is 4. The Morgan fingerprint density at radius 1 is 1.37 bits per heavy atom. The number of nitrogens with zero attached hydrogens (tertiary/aromatic N) is 1. The highest BCUT2D eigenvalue weighted by atomic mass is 16.5. The predicted octanol–water partition coefficient (Wildman–Crippen LogP) is 2.04. The van der Waals surface area contributed by atoms with Crippen LogP contribution in [0.4, 0.5) is 0 Å². The molecule has 0 heterocycles. The van der Waals surface area contributed by atoms with Gasteiger partial charge in [0.15, 0.2) is 0 Å². The number of likely N-dealkylation sites (N-methyl/N-ethyl adjacent to an activating group) is 2. The van der Waals surface area contributed by atoms with Crippen LogP contribution in [-0.4, -0.2) is 49.7 Å². The van der Waals surface area contributed by atoms with Crippen molar-refractivity contribution in [3.8, 4) is 0 Å². The van der Waals surface area contributed by atoms with Crippen LogP contribution in [0.3, 0.4) is 0 Å². The fraction of sp³-hybridized carbons (Fsp3) is 0.933. The molecule has 0 aromatic carbocycles. The van der Waals surface area contributed by atoms with E-state index in [1.807, 2.05) is 14.0 Å². The van der Waals surface area contributed by atoms with Crippen molar-refractivity contribution in [2.45, 2.75) is 58.0 Å². The number of esters is 1. The molecule has 0 bridgehead atoms. The minimum atomic E-state index is -0.520. The lowest BCUT2D eigenvalue weighted by molar-refractivity contribution is -0.153. The Kier molecular flexibility index (Phi) is 6.27. The Bertz CT molecular complexity index is 288. The van der Waals surface area contributed by atoms with Gasteiger partial charge in [-0.25, -0.2) is 4.79 Å². The number of ether oxygens (including phenoxy) is 1. The first-order chi connectivity index (χ1) is 9.05. The lowest BCUT2D eigenvalue weighted by atomic mass is 9.91. The smallest absolute Gasteiger partial charge is 0.327 e. The molecular weight excluding hydrogens is 240 g/mol. The highest BCUT2D eigenvalue weighted by Gasteiger charge is 2.51. The molecular formula is C15H30N2O2. The fourth-order valence-corrected chi connectivity index (χ4v) is 3.02. The van der Waals surface area contributed by atoms with Gasteiger partial charge in [0.2, 0.25) is 0 Å². The first-order valence-corrected chi connectivity index (χ1v) is 7.62. The van der Waals surface area contributed by atoms with Crippen molar-refractivity contribution in [3.63, 3.8) is 0 Å². The van der Waals surface area contributed by atoms with E-state index in [-0.39, 0.29) is 5.97 Å². The maximum absolute atomic E-state index is 12.4. The van der Waals surface area contributed by atoms with Gasteiger partial charge in [0.05, 0.1) is 6.61 Å². The fourth-order valence-electron chi connectivity index (χ4n) is 3.02. The Morgan fingerprint density at radius 2 is 1.95 bits per heavy atom. The molecule has 1 aliphatic rings. The van der Waals surface area contributed by atoms with Crippen LogP contribution >= 0.6 is 0 Å². The maximum Gasteiger partial charge on any atom is 0.327 e. The summed E-state index contributed by atoms with van der Waals surface area (Å²) >= 11 is 0. The zero-order valence-electron chi connectivity index (χ0n) is 13.2. The van der Waals surface area contributed by atoms with E-state index in [1.165, 1.54) is 0 Å². The third-order valence-electron chi connectivity index (χ3n) is 4.42. The third-order valence-corrected chi connectivity index (χ3v) is 4.42. The summed E-state index contributed by atoms with van der Waals surface area (Å²) < 4.78 is 5.32. The summed E-state index contributed by atoms with van der Waals surface area (Å²) in [6.07, 6.45) is 4.47. The van der Waals surface area contributed by atoms with Crippen LogP contribution in [0.2, 0.25) is 0 Å². The zero-order valence-corrected chi connectivity index (χ0v) is 13.2. The molecule has 4 nitrogen and oxygen atoms in total. The number of rotatable bonds is 9. The van der Waals surface area contributed by atoms with E-state index in [2.05, 4.69) is 31.1 Å². The molecule has 1 N–H and O–H groups in total. The molecule has 112 valence electrons. The van der Waals surface area contributed by atoms with Crippen LogP contribution in [0.5, 0.6) is 0 Å². The molecule has 1 rings (SSSR count). The number of nitrogens with one attached hydrogen (secondary N) is 1. The minimum Gasteiger partial charge on any atom is -0.465 e. The monoisotopic (exact) mass is 270 g/mol. The number of carbonyl (C=O) groups is 1. The standard InChI is InChI=1S/C15H30N2O2/c1-6-13(7-2)17(5)11-15(16-4,12-9-10-12)14(18)19-8-3/h12-13,16H,6-11H2,1-5H3. The van der Waals surface area contributed by atoms with Crippen LogP contribution < -0.4 is 5.32 Å². The van der Waals surface area contributed by atoms with Crippen molar-refractivity contribution in [1.29, 1.82) is 0 Å². The van der Waals surface area contributed by atoms with Crippen molar-refractivity contribution >= 4 is 5.97 Å². The molecule has 0 aliphatic heterocycles. The van der Waals surface area contributed by atoms with Crippen LogP contribution in [0, 0.1) is 5.92 Å². The van der Waals surface area contributed by atoms with E-state index in [1.54, 1.807) is 0 Å². The predicted molar refractivity (Wildman–Crippen MR) is 78.1 cm³/mol. The van der Waals surface area contributed by atoms with E-state index in [4.69, 9.17) is 4.74 Å². The Balaban J connectivity index is 2.82. The van der Waals surface area contributed by atoms with Crippen LogP contribution in [0.25, 0.3) is 0 Å². The van der Waals surface area contributed by atoms with E-state index in [0.29, 0.717) is 18.6 Å². The highest BCUT2D eigenvalue weighted by molar-refractivity contribution is 5.82. The van der Waals surface area contributed by atoms with E-state index in [9.17, 15) is 4.79 Å². The van der Waals surface area contributed by atoms with E-state index < -0.39 is 5.54 Å². The molecule has 1 unspecified atom stereocenters. The van der Waals surface area contributed by atoms with Crippen molar-refractivity contribution in [1.82, 2.24) is 10.2 Å². The van der Waals surface area contributed by atoms with Gasteiger partial charge < -0.3 is 15.0 Å². The molecule has 0 amide bonds. The quantitative estimate of drug-likeness (QED) is 0.651. The molecule has 19 heavy (non-hydrogen) atoms. The van der Waals surface area contributed by atoms with Crippen molar-refractivity contribution in [3.05, 3.63) is 0 Å². The molecule has 1 atom stereocenters. The topological polar surface area (TPSA) is 41.6 Å². The summed E-state index contributed by atoms with van der Waals surface area (Å²) in [7, 11) is 4.00. The first-order valence-electron chi connectivity index (χ1n) is 7.62. The molecule has 1 saturated carbocycles. The summed E-state index contributed by atoms with van der Waals surface area (Å²) in [5, 5.41) is 3.28. The minimum absolute atomic E-state index is 0.0854. The normalized spacial score (nSPS) is 18.7. The molecule has 0 spiro atoms. The molecule has 0 saturated heterocycles. The Morgan fingerprint density at radius 3 is 2.32 bits per heavy atom. The van der Waals surface area contributed by atoms with Gasteiger partial charge in [0, 0.05) is 12.6 Å². The average molecular weight is 270 g/mol. The second-order valence-electron chi connectivity index (χ2n) is 5.60. The lowest BCUT2D eigenvalue weighted by Gasteiger charge is -2.38. The maximum atomic E-state index is 12.4. The van der Waals surface area contributed by atoms with Gasteiger partial charge in [-0.3, -0.25) is 0 Å². The van der Waals surface area contributed by atoms with Crippen LogP contribution in [0.1, 0.15) is 46.5 Å². The molecule has 4 heteroatoms. The summed E-state index contributed by atoms with van der Waals surface area (Å²) in [5.74, 6) is 0.339. The average Bonchev–Trinajstić information content (AvgIpc) is 3.22. The Hall–Kier alpha value is -0.610. The van der Waals surface area contributed by atoms with E-state index in [0.717, 1.165) is 32.2 Å². The van der Waals surface area contributed by atoms with Gasteiger partial charge in [-0.15, -0.1) is 0 Å². The van der Waals surface area contributed by atoms with Gasteiger partial charge >= 0.3 is 5.97 Å². The molecule has 0 radical (unpaired) electrons. The van der Waals surface area contributed by atoms with Gasteiger partial charge in [0.25, 0.3) is 0 Å². The summed E-state index contributed by atoms with van der Waals surface area (Å²) in [4.78, 5) is 14.7. The SMILES string of the molecule is CCOC(=O)C(CN(C)C(CC)CC)(NC)C1CC1. The second-order valence-corrected chi connectivity index (χ2v) is 5.60. The molecule has 1 aliphatic carbocycles. The number of hydrogen-bond donors (Lipinski definition) is 1. The second kappa shape index (κ2) is 7.25. The molecule has 0 aromatic heterocycles. The van der Waals surface area contributed by atoms with Gasteiger partial charge in [-0.2, -0.15) is 0 Å². The highest BCUT2D eigenvalue weighted by Crippen LogP contribution is 2.41. The summed E-state index contributed by atoms with van der Waals surface area (Å²) in [6.45, 7) is 7.46. The lowest BCUT2D eigenvalue weighted by Crippen LogP contribution is -2.60. The first kappa shape index (κ1) is 16.4. The van der Waals surface area contributed by atoms with Crippen LogP contribution in [-0.2, 0) is 9.53 Å². The molecule has 1 fully saturated rings.